The number of hydrogen-bond acceptors (Lipinski definition) is 1. The molecule has 0 fully saturated rings. The first kappa shape index (κ1) is 25.0. The molecule has 0 aliphatic rings. The SMILES string of the molecule is NCC[n+]1c(/C=C/c2c3ccccc3cc3ccccc23)cccc1/C=C/c1c2ccccc2cc2ccccc12. The van der Waals surface area contributed by atoms with Crippen molar-refractivity contribution in [3.8, 4) is 0 Å². The van der Waals surface area contributed by atoms with Crippen molar-refractivity contribution >= 4 is 67.4 Å². The number of nitrogens with two attached hydrogens (primary N) is 1. The van der Waals surface area contributed by atoms with E-state index in [1.165, 1.54) is 54.2 Å². The Hall–Kier alpha value is -5.05. The molecule has 0 saturated heterocycles. The predicted molar refractivity (Wildman–Crippen MR) is 176 cm³/mol. The highest BCUT2D eigenvalue weighted by Gasteiger charge is 2.14. The Balaban J connectivity index is 1.35. The summed E-state index contributed by atoms with van der Waals surface area (Å²) in [5.41, 5.74) is 10.9. The van der Waals surface area contributed by atoms with Gasteiger partial charge in [0.25, 0.3) is 0 Å². The van der Waals surface area contributed by atoms with Crippen molar-refractivity contribution < 1.29 is 4.57 Å². The zero-order valence-corrected chi connectivity index (χ0v) is 22.9. The van der Waals surface area contributed by atoms with Gasteiger partial charge < -0.3 is 5.73 Å². The highest BCUT2D eigenvalue weighted by Crippen LogP contribution is 2.31. The molecule has 0 aliphatic heterocycles. The van der Waals surface area contributed by atoms with E-state index in [0.29, 0.717) is 6.54 Å². The molecule has 0 bridgehead atoms. The van der Waals surface area contributed by atoms with Gasteiger partial charge in [0.15, 0.2) is 6.54 Å². The van der Waals surface area contributed by atoms with E-state index in [-0.39, 0.29) is 0 Å². The average Bonchev–Trinajstić information content (AvgIpc) is 3.02. The molecule has 0 aliphatic carbocycles. The summed E-state index contributed by atoms with van der Waals surface area (Å²) >= 11 is 0. The lowest BCUT2D eigenvalue weighted by Crippen LogP contribution is -2.43. The van der Waals surface area contributed by atoms with E-state index in [1.807, 2.05) is 0 Å². The summed E-state index contributed by atoms with van der Waals surface area (Å²) in [6.07, 6.45) is 8.99. The Kier molecular flexibility index (Phi) is 6.60. The van der Waals surface area contributed by atoms with Gasteiger partial charge >= 0.3 is 0 Å². The van der Waals surface area contributed by atoms with Crippen LogP contribution in [-0.2, 0) is 6.54 Å². The van der Waals surface area contributed by atoms with Gasteiger partial charge in [0.2, 0.25) is 11.4 Å². The van der Waals surface area contributed by atoms with Crippen molar-refractivity contribution in [3.05, 3.63) is 150 Å². The minimum absolute atomic E-state index is 0.560. The summed E-state index contributed by atoms with van der Waals surface area (Å²) in [7, 11) is 0. The van der Waals surface area contributed by atoms with Gasteiger partial charge in [-0.1, -0.05) is 97.1 Å². The average molecular weight is 528 g/mol. The highest BCUT2D eigenvalue weighted by atomic mass is 15.0. The molecule has 196 valence electrons. The third-order valence-electron chi connectivity index (χ3n) is 7.98. The molecule has 6 aromatic carbocycles. The third-order valence-corrected chi connectivity index (χ3v) is 7.98. The smallest absolute Gasteiger partial charge is 0.205 e. The van der Waals surface area contributed by atoms with E-state index in [0.717, 1.165) is 17.9 Å². The van der Waals surface area contributed by atoms with E-state index in [9.17, 15) is 0 Å². The van der Waals surface area contributed by atoms with Gasteiger partial charge in [-0.2, -0.15) is 4.57 Å². The van der Waals surface area contributed by atoms with Gasteiger partial charge in [-0.3, -0.25) is 0 Å². The second-order valence-corrected chi connectivity index (χ2v) is 10.4. The number of aromatic nitrogens is 1. The summed E-state index contributed by atoms with van der Waals surface area (Å²) in [6, 6.07) is 45.5. The van der Waals surface area contributed by atoms with Crippen LogP contribution in [0.1, 0.15) is 22.5 Å². The summed E-state index contributed by atoms with van der Waals surface area (Å²) < 4.78 is 2.31. The maximum Gasteiger partial charge on any atom is 0.205 e. The Labute approximate surface area is 240 Å². The van der Waals surface area contributed by atoms with E-state index >= 15 is 0 Å². The molecule has 0 spiro atoms. The first-order valence-electron chi connectivity index (χ1n) is 14.2. The molecule has 7 aromatic rings. The standard InChI is InChI=1S/C39H31N2/c40-24-25-41-32(20-22-38-34-16-5-1-10-28(34)26-29-11-2-6-17-35(29)38)14-9-15-33(41)21-23-39-36-18-7-3-12-30(36)27-31-13-4-8-19-37(31)39/h1-23,26-27H,24-25,40H2/q+1/b22-20+,23-21+. The van der Waals surface area contributed by atoms with Crippen LogP contribution >= 0.6 is 0 Å². The van der Waals surface area contributed by atoms with Gasteiger partial charge in [0.05, 0.1) is 6.54 Å². The number of nitrogens with zero attached hydrogens (tertiary/aromatic N) is 1. The minimum Gasteiger partial charge on any atom is -0.325 e. The second kappa shape index (κ2) is 10.8. The van der Waals surface area contributed by atoms with E-state index in [4.69, 9.17) is 5.73 Å². The van der Waals surface area contributed by atoms with Crippen molar-refractivity contribution in [2.45, 2.75) is 6.54 Å². The molecule has 0 atom stereocenters. The summed E-state index contributed by atoms with van der Waals surface area (Å²) in [6.45, 7) is 1.29. The molecule has 2 nitrogen and oxygen atoms in total. The molecular formula is C39H31N2+. The summed E-state index contributed by atoms with van der Waals surface area (Å²) in [5.74, 6) is 0. The van der Waals surface area contributed by atoms with Gasteiger partial charge in [-0.15, -0.1) is 0 Å². The van der Waals surface area contributed by atoms with Crippen LogP contribution < -0.4 is 10.3 Å². The van der Waals surface area contributed by atoms with Gasteiger partial charge in [-0.05, 0) is 84.6 Å². The molecule has 41 heavy (non-hydrogen) atoms. The predicted octanol–water partition coefficient (Wildman–Crippen LogP) is 8.89. The Morgan fingerprint density at radius 1 is 0.439 bits per heavy atom. The largest absolute Gasteiger partial charge is 0.325 e. The summed E-state index contributed by atoms with van der Waals surface area (Å²) in [5, 5.41) is 10.0. The van der Waals surface area contributed by atoms with E-state index < -0.39 is 0 Å². The first-order valence-corrected chi connectivity index (χ1v) is 14.2. The van der Waals surface area contributed by atoms with Gasteiger partial charge in [0.1, 0.15) is 0 Å². The third kappa shape index (κ3) is 4.69. The van der Waals surface area contributed by atoms with Crippen molar-refractivity contribution in [2.75, 3.05) is 6.54 Å². The first-order chi connectivity index (χ1) is 20.3. The van der Waals surface area contributed by atoms with Crippen molar-refractivity contribution in [3.63, 3.8) is 0 Å². The second-order valence-electron chi connectivity index (χ2n) is 10.4. The fourth-order valence-electron chi connectivity index (χ4n) is 6.05. The molecule has 1 aromatic heterocycles. The molecule has 0 saturated carbocycles. The molecule has 1 heterocycles. The lowest BCUT2D eigenvalue weighted by Gasteiger charge is -2.09. The Morgan fingerprint density at radius 3 is 1.17 bits per heavy atom. The number of hydrogen-bond donors (Lipinski definition) is 1. The molecule has 2 N–H and O–H groups in total. The highest BCUT2D eigenvalue weighted by molar-refractivity contribution is 6.09. The van der Waals surface area contributed by atoms with Crippen molar-refractivity contribution in [1.82, 2.24) is 0 Å². The molecule has 0 amide bonds. The van der Waals surface area contributed by atoms with E-state index in [2.05, 4.69) is 156 Å². The maximum atomic E-state index is 6.14. The Bertz CT molecular complexity index is 1860. The van der Waals surface area contributed by atoms with Crippen LogP contribution in [0.15, 0.2) is 127 Å². The van der Waals surface area contributed by atoms with E-state index in [1.54, 1.807) is 0 Å². The lowest BCUT2D eigenvalue weighted by molar-refractivity contribution is -0.697. The molecular weight excluding hydrogens is 496 g/mol. The number of benzene rings is 6. The number of pyridine rings is 1. The zero-order chi connectivity index (χ0) is 27.6. The number of rotatable bonds is 6. The van der Waals surface area contributed by atoms with Crippen LogP contribution in [0.4, 0.5) is 0 Å². The van der Waals surface area contributed by atoms with Crippen molar-refractivity contribution in [1.29, 1.82) is 0 Å². The quantitative estimate of drug-likeness (QED) is 0.170. The van der Waals surface area contributed by atoms with Crippen LogP contribution in [0.2, 0.25) is 0 Å². The number of fused-ring (bicyclic) bond motifs is 4. The maximum absolute atomic E-state index is 6.14. The normalized spacial score (nSPS) is 12.0. The van der Waals surface area contributed by atoms with Crippen LogP contribution in [0.3, 0.4) is 0 Å². The van der Waals surface area contributed by atoms with Crippen LogP contribution in [0.25, 0.3) is 67.4 Å². The van der Waals surface area contributed by atoms with Gasteiger partial charge in [-0.25, -0.2) is 0 Å². The minimum atomic E-state index is 0.560. The zero-order valence-electron chi connectivity index (χ0n) is 22.9. The van der Waals surface area contributed by atoms with Crippen molar-refractivity contribution in [2.24, 2.45) is 5.73 Å². The fourth-order valence-corrected chi connectivity index (χ4v) is 6.05. The Morgan fingerprint density at radius 2 is 0.805 bits per heavy atom. The molecule has 0 radical (unpaired) electrons. The lowest BCUT2D eigenvalue weighted by atomic mass is 9.96. The van der Waals surface area contributed by atoms with Gasteiger partial charge in [0, 0.05) is 24.3 Å². The molecule has 0 unspecified atom stereocenters. The van der Waals surface area contributed by atoms with Crippen LogP contribution in [0.5, 0.6) is 0 Å². The van der Waals surface area contributed by atoms with Crippen LogP contribution in [0, 0.1) is 0 Å². The molecule has 2 heteroatoms. The fraction of sp³-hybridized carbons (Fsp3) is 0.0513. The topological polar surface area (TPSA) is 29.9 Å². The summed E-state index contributed by atoms with van der Waals surface area (Å²) in [4.78, 5) is 0. The van der Waals surface area contributed by atoms with Crippen LogP contribution in [-0.4, -0.2) is 6.54 Å². The monoisotopic (exact) mass is 527 g/mol. The molecule has 7 rings (SSSR count).